The Bertz CT molecular complexity index is 153. The first-order chi connectivity index (χ1) is 4.67. The number of nitrogens with two attached hydrogens (primary N) is 1. The van der Waals surface area contributed by atoms with E-state index in [9.17, 15) is 0 Å². The maximum atomic E-state index is 8.62. The molecular weight excluding hydrogens is 128 g/mol. The third-order valence-electron chi connectivity index (χ3n) is 2.02. The molecule has 2 unspecified atom stereocenters. The molecule has 0 bridgehead atoms. The van der Waals surface area contributed by atoms with Crippen molar-refractivity contribution in [3.8, 4) is 6.07 Å². The van der Waals surface area contributed by atoms with Gasteiger partial charge >= 0.3 is 0 Å². The quantitative estimate of drug-likeness (QED) is 0.568. The first kappa shape index (κ1) is 7.52. The maximum absolute atomic E-state index is 8.62. The van der Waals surface area contributed by atoms with E-state index in [1.165, 1.54) is 0 Å². The van der Waals surface area contributed by atoms with E-state index < -0.39 is 5.54 Å². The smallest absolute Gasteiger partial charge is 0.106 e. The van der Waals surface area contributed by atoms with Crippen molar-refractivity contribution in [2.24, 2.45) is 11.7 Å². The Hall–Kier alpha value is -0.590. The molecule has 3 nitrogen and oxygen atoms in total. The summed E-state index contributed by atoms with van der Waals surface area (Å²) in [6.45, 7) is 3.14. The normalized spacial score (nSPS) is 31.1. The van der Waals surface area contributed by atoms with Crippen LogP contribution in [0.5, 0.6) is 0 Å². The van der Waals surface area contributed by atoms with E-state index >= 15 is 0 Å². The molecule has 3 heteroatoms. The van der Waals surface area contributed by atoms with Crippen LogP contribution in [0.4, 0.5) is 0 Å². The van der Waals surface area contributed by atoms with Gasteiger partial charge < -0.3 is 10.5 Å². The van der Waals surface area contributed by atoms with Gasteiger partial charge in [-0.15, -0.1) is 0 Å². The van der Waals surface area contributed by atoms with Crippen molar-refractivity contribution in [1.82, 2.24) is 0 Å². The Morgan fingerprint density at radius 3 is 2.90 bits per heavy atom. The van der Waals surface area contributed by atoms with Crippen LogP contribution in [0.3, 0.4) is 0 Å². The van der Waals surface area contributed by atoms with Crippen molar-refractivity contribution in [3.05, 3.63) is 0 Å². The van der Waals surface area contributed by atoms with E-state index in [4.69, 9.17) is 15.7 Å². The summed E-state index contributed by atoms with van der Waals surface area (Å²) in [7, 11) is 0. The minimum atomic E-state index is -0.698. The van der Waals surface area contributed by atoms with E-state index in [-0.39, 0.29) is 5.92 Å². The molecule has 2 N–H and O–H groups in total. The standard InChI is InChI=1S/C7H12N2O/c1-7(9,5-8)6-2-3-10-4-6/h6H,2-4,9H2,1H3. The highest BCUT2D eigenvalue weighted by atomic mass is 16.5. The van der Waals surface area contributed by atoms with Crippen LogP contribution in [0.2, 0.25) is 0 Å². The summed E-state index contributed by atoms with van der Waals surface area (Å²) >= 11 is 0. The van der Waals surface area contributed by atoms with Crippen LogP contribution in [-0.4, -0.2) is 18.8 Å². The van der Waals surface area contributed by atoms with Crippen LogP contribution in [0, 0.1) is 17.2 Å². The summed E-state index contributed by atoms with van der Waals surface area (Å²) in [4.78, 5) is 0. The van der Waals surface area contributed by atoms with Gasteiger partial charge in [0.05, 0.1) is 12.7 Å². The molecule has 0 aliphatic carbocycles. The lowest BCUT2D eigenvalue weighted by molar-refractivity contribution is 0.175. The van der Waals surface area contributed by atoms with Crippen molar-refractivity contribution in [2.75, 3.05) is 13.2 Å². The molecule has 1 aliphatic heterocycles. The largest absolute Gasteiger partial charge is 0.381 e. The van der Waals surface area contributed by atoms with Crippen molar-refractivity contribution in [3.63, 3.8) is 0 Å². The van der Waals surface area contributed by atoms with Crippen LogP contribution in [-0.2, 0) is 4.74 Å². The number of hydrogen-bond donors (Lipinski definition) is 1. The lowest BCUT2D eigenvalue weighted by Gasteiger charge is -2.21. The van der Waals surface area contributed by atoms with Gasteiger partial charge in [0.25, 0.3) is 0 Å². The summed E-state index contributed by atoms with van der Waals surface area (Å²) in [5.41, 5.74) is 4.98. The zero-order chi connectivity index (χ0) is 7.61. The van der Waals surface area contributed by atoms with Crippen molar-refractivity contribution in [2.45, 2.75) is 18.9 Å². The molecule has 0 radical (unpaired) electrons. The maximum Gasteiger partial charge on any atom is 0.106 e. The molecule has 0 aromatic carbocycles. The van der Waals surface area contributed by atoms with E-state index in [1.54, 1.807) is 6.92 Å². The molecule has 0 aromatic heterocycles. The SMILES string of the molecule is CC(N)(C#N)C1CCOC1. The molecule has 1 saturated heterocycles. The van der Waals surface area contributed by atoms with E-state index in [0.29, 0.717) is 6.61 Å². The van der Waals surface area contributed by atoms with E-state index in [1.807, 2.05) is 0 Å². The second-order valence-electron chi connectivity index (χ2n) is 2.96. The van der Waals surface area contributed by atoms with Crippen molar-refractivity contribution >= 4 is 0 Å². The summed E-state index contributed by atoms with van der Waals surface area (Å²) < 4.78 is 5.11. The third kappa shape index (κ3) is 1.28. The number of nitriles is 1. The lowest BCUT2D eigenvalue weighted by Crippen LogP contribution is -2.42. The molecule has 1 rings (SSSR count). The van der Waals surface area contributed by atoms with Gasteiger partial charge in [-0.3, -0.25) is 0 Å². The number of hydrogen-bond acceptors (Lipinski definition) is 3. The zero-order valence-corrected chi connectivity index (χ0v) is 6.13. The minimum Gasteiger partial charge on any atom is -0.381 e. The fraction of sp³-hybridized carbons (Fsp3) is 0.857. The Labute approximate surface area is 60.8 Å². The van der Waals surface area contributed by atoms with E-state index in [0.717, 1.165) is 13.0 Å². The number of nitrogens with zero attached hydrogens (tertiary/aromatic N) is 1. The molecule has 0 aromatic rings. The van der Waals surface area contributed by atoms with E-state index in [2.05, 4.69) is 6.07 Å². The molecule has 1 heterocycles. The Balaban J connectivity index is 2.56. The van der Waals surface area contributed by atoms with Gasteiger partial charge in [-0.05, 0) is 13.3 Å². The highest BCUT2D eigenvalue weighted by molar-refractivity contribution is 5.06. The predicted molar refractivity (Wildman–Crippen MR) is 37.1 cm³/mol. The predicted octanol–water partition coefficient (Wildman–Crippen LogP) is 0.264. The van der Waals surface area contributed by atoms with Crippen molar-refractivity contribution < 1.29 is 4.74 Å². The summed E-state index contributed by atoms with van der Waals surface area (Å²) in [5.74, 6) is 0.220. The summed E-state index contributed by atoms with van der Waals surface area (Å²) in [6.07, 6.45) is 0.917. The van der Waals surface area contributed by atoms with Crippen LogP contribution < -0.4 is 5.73 Å². The summed E-state index contributed by atoms with van der Waals surface area (Å²) in [5, 5.41) is 8.62. The van der Waals surface area contributed by atoms with Crippen LogP contribution >= 0.6 is 0 Å². The number of rotatable bonds is 1. The monoisotopic (exact) mass is 140 g/mol. The lowest BCUT2D eigenvalue weighted by atomic mass is 9.88. The van der Waals surface area contributed by atoms with Gasteiger partial charge in [0.2, 0.25) is 0 Å². The fourth-order valence-corrected chi connectivity index (χ4v) is 1.10. The van der Waals surface area contributed by atoms with Gasteiger partial charge in [0.1, 0.15) is 5.54 Å². The molecular formula is C7H12N2O. The Morgan fingerprint density at radius 2 is 2.50 bits per heavy atom. The minimum absolute atomic E-state index is 0.220. The van der Waals surface area contributed by atoms with Gasteiger partial charge in [-0.1, -0.05) is 0 Å². The van der Waals surface area contributed by atoms with Crippen LogP contribution in [0.1, 0.15) is 13.3 Å². The number of ether oxygens (including phenoxy) is 1. The molecule has 0 spiro atoms. The molecule has 56 valence electrons. The fourth-order valence-electron chi connectivity index (χ4n) is 1.10. The highest BCUT2D eigenvalue weighted by Crippen LogP contribution is 2.22. The average molecular weight is 140 g/mol. The second-order valence-corrected chi connectivity index (χ2v) is 2.96. The van der Waals surface area contributed by atoms with Gasteiger partial charge in [0, 0.05) is 12.5 Å². The Morgan fingerprint density at radius 1 is 1.80 bits per heavy atom. The molecule has 1 fully saturated rings. The molecule has 10 heavy (non-hydrogen) atoms. The average Bonchev–Trinajstić information content (AvgIpc) is 2.38. The zero-order valence-electron chi connectivity index (χ0n) is 6.13. The first-order valence-electron chi connectivity index (χ1n) is 3.44. The van der Waals surface area contributed by atoms with Crippen LogP contribution in [0.25, 0.3) is 0 Å². The van der Waals surface area contributed by atoms with Crippen molar-refractivity contribution in [1.29, 1.82) is 5.26 Å². The first-order valence-corrected chi connectivity index (χ1v) is 3.44. The van der Waals surface area contributed by atoms with Gasteiger partial charge in [0.15, 0.2) is 0 Å². The third-order valence-corrected chi connectivity index (χ3v) is 2.02. The van der Waals surface area contributed by atoms with Gasteiger partial charge in [-0.25, -0.2) is 0 Å². The molecule has 0 saturated carbocycles. The molecule has 2 atom stereocenters. The molecule has 0 amide bonds. The highest BCUT2D eigenvalue weighted by Gasteiger charge is 2.32. The molecule has 1 aliphatic rings. The Kier molecular flexibility index (Phi) is 1.93. The second kappa shape index (κ2) is 2.57. The van der Waals surface area contributed by atoms with Crippen LogP contribution in [0.15, 0.2) is 0 Å². The van der Waals surface area contributed by atoms with Gasteiger partial charge in [-0.2, -0.15) is 5.26 Å². The summed E-state index contributed by atoms with van der Waals surface area (Å²) in [6, 6.07) is 2.08. The topological polar surface area (TPSA) is 59.0 Å².